The fourth-order valence-corrected chi connectivity index (χ4v) is 2.37. The molecular formula is C9H11F2N3O2S. The number of aliphatic hydroxyl groups is 1. The molecule has 0 unspecified atom stereocenters. The second-order valence-corrected chi connectivity index (χ2v) is 4.95. The molecule has 1 amide bonds. The van der Waals surface area contributed by atoms with Crippen molar-refractivity contribution in [1.82, 2.24) is 10.2 Å². The Bertz CT molecular complexity index is 418. The number of aromatic nitrogens is 2. The number of rotatable bonds is 3. The Hall–Kier alpha value is -1.15. The van der Waals surface area contributed by atoms with E-state index in [2.05, 4.69) is 15.5 Å². The predicted octanol–water partition coefficient (Wildman–Crippen LogP) is 1.72. The van der Waals surface area contributed by atoms with E-state index in [1.807, 2.05) is 0 Å². The molecule has 94 valence electrons. The highest BCUT2D eigenvalue weighted by Gasteiger charge is 2.39. The van der Waals surface area contributed by atoms with Crippen molar-refractivity contribution in [2.24, 2.45) is 0 Å². The van der Waals surface area contributed by atoms with E-state index in [4.69, 9.17) is 0 Å². The van der Waals surface area contributed by atoms with Crippen LogP contribution in [0.5, 0.6) is 0 Å². The summed E-state index contributed by atoms with van der Waals surface area (Å²) in [7, 11) is 0. The summed E-state index contributed by atoms with van der Waals surface area (Å²) in [5.74, 6) is -0.591. The van der Waals surface area contributed by atoms with Crippen LogP contribution in [0.2, 0.25) is 0 Å². The van der Waals surface area contributed by atoms with Gasteiger partial charge in [-0.05, 0) is 25.7 Å². The molecule has 0 aliphatic heterocycles. The molecule has 1 aromatic heterocycles. The van der Waals surface area contributed by atoms with Crippen LogP contribution in [0.25, 0.3) is 0 Å². The van der Waals surface area contributed by atoms with Crippen molar-refractivity contribution in [3.8, 4) is 0 Å². The Kier molecular flexibility index (Phi) is 3.34. The van der Waals surface area contributed by atoms with Crippen molar-refractivity contribution in [2.75, 3.05) is 5.32 Å². The van der Waals surface area contributed by atoms with Gasteiger partial charge in [0.1, 0.15) is 5.60 Å². The molecule has 0 radical (unpaired) electrons. The van der Waals surface area contributed by atoms with Gasteiger partial charge in [-0.1, -0.05) is 11.3 Å². The largest absolute Gasteiger partial charge is 0.380 e. The standard InChI is InChI=1S/C9H11F2N3O2S/c10-5(11)6-13-14-8(17-6)12-7(15)9(16)3-1-2-4-9/h5,16H,1-4H2,(H,12,14,15). The summed E-state index contributed by atoms with van der Waals surface area (Å²) in [5.41, 5.74) is -1.39. The number of halogens is 2. The van der Waals surface area contributed by atoms with Crippen molar-refractivity contribution in [3.63, 3.8) is 0 Å². The number of carbonyl (C=O) groups excluding carboxylic acids is 1. The van der Waals surface area contributed by atoms with Crippen LogP contribution in [0.4, 0.5) is 13.9 Å². The molecule has 2 rings (SSSR count). The third kappa shape index (κ3) is 2.58. The number of hydrogen-bond acceptors (Lipinski definition) is 5. The molecule has 1 aliphatic rings. The fourth-order valence-electron chi connectivity index (χ4n) is 1.77. The molecule has 1 fully saturated rings. The number of amides is 1. The Morgan fingerprint density at radius 3 is 2.59 bits per heavy atom. The molecular weight excluding hydrogens is 252 g/mol. The number of nitrogens with one attached hydrogen (secondary N) is 1. The van der Waals surface area contributed by atoms with Gasteiger partial charge in [0.05, 0.1) is 0 Å². The molecule has 1 aromatic rings. The van der Waals surface area contributed by atoms with Gasteiger partial charge in [-0.2, -0.15) is 0 Å². The van der Waals surface area contributed by atoms with Crippen LogP contribution < -0.4 is 5.32 Å². The molecule has 0 aromatic carbocycles. The van der Waals surface area contributed by atoms with Gasteiger partial charge in [0.15, 0.2) is 5.01 Å². The highest BCUT2D eigenvalue weighted by Crippen LogP contribution is 2.31. The van der Waals surface area contributed by atoms with E-state index in [1.54, 1.807) is 0 Å². The van der Waals surface area contributed by atoms with Gasteiger partial charge in [-0.3, -0.25) is 10.1 Å². The maximum atomic E-state index is 12.2. The van der Waals surface area contributed by atoms with Gasteiger partial charge >= 0.3 is 0 Å². The summed E-state index contributed by atoms with van der Waals surface area (Å²) in [6, 6.07) is 0. The smallest absolute Gasteiger partial charge is 0.291 e. The minimum Gasteiger partial charge on any atom is -0.380 e. The third-order valence-electron chi connectivity index (χ3n) is 2.70. The third-order valence-corrected chi connectivity index (χ3v) is 3.55. The van der Waals surface area contributed by atoms with Crippen molar-refractivity contribution in [1.29, 1.82) is 0 Å². The SMILES string of the molecule is O=C(Nc1nnc(C(F)F)s1)C1(O)CCCC1. The second-order valence-electron chi connectivity index (χ2n) is 3.94. The van der Waals surface area contributed by atoms with Gasteiger partial charge in [0, 0.05) is 0 Å². The molecule has 5 nitrogen and oxygen atoms in total. The fraction of sp³-hybridized carbons (Fsp3) is 0.667. The zero-order valence-electron chi connectivity index (χ0n) is 8.82. The summed E-state index contributed by atoms with van der Waals surface area (Å²) in [6.07, 6.45) is -0.365. The molecule has 0 saturated heterocycles. The van der Waals surface area contributed by atoms with E-state index in [0.29, 0.717) is 24.2 Å². The number of alkyl halides is 2. The van der Waals surface area contributed by atoms with Crippen LogP contribution in [0, 0.1) is 0 Å². The van der Waals surface area contributed by atoms with Gasteiger partial charge in [0.2, 0.25) is 5.13 Å². The van der Waals surface area contributed by atoms with Crippen molar-refractivity contribution >= 4 is 22.4 Å². The first kappa shape index (κ1) is 12.3. The van der Waals surface area contributed by atoms with Crippen LogP contribution in [-0.2, 0) is 4.79 Å². The molecule has 0 atom stereocenters. The van der Waals surface area contributed by atoms with E-state index in [9.17, 15) is 18.7 Å². The summed E-state index contributed by atoms with van der Waals surface area (Å²) < 4.78 is 24.5. The summed E-state index contributed by atoms with van der Waals surface area (Å²) >= 11 is 0.612. The molecule has 0 bridgehead atoms. The zero-order chi connectivity index (χ0) is 12.5. The van der Waals surface area contributed by atoms with Crippen LogP contribution >= 0.6 is 11.3 Å². The lowest BCUT2D eigenvalue weighted by Gasteiger charge is -2.19. The molecule has 1 saturated carbocycles. The lowest BCUT2D eigenvalue weighted by atomic mass is 10.0. The maximum Gasteiger partial charge on any atom is 0.291 e. The Morgan fingerprint density at radius 2 is 2.06 bits per heavy atom. The monoisotopic (exact) mass is 263 g/mol. The van der Waals surface area contributed by atoms with E-state index in [1.165, 1.54) is 0 Å². The van der Waals surface area contributed by atoms with Gasteiger partial charge in [-0.15, -0.1) is 10.2 Å². The van der Waals surface area contributed by atoms with Crippen LogP contribution in [0.3, 0.4) is 0 Å². The molecule has 17 heavy (non-hydrogen) atoms. The molecule has 2 N–H and O–H groups in total. The van der Waals surface area contributed by atoms with Crippen LogP contribution in [0.1, 0.15) is 37.1 Å². The number of nitrogens with zero attached hydrogens (tertiary/aromatic N) is 2. The average Bonchev–Trinajstić information content (AvgIpc) is 2.88. The zero-order valence-corrected chi connectivity index (χ0v) is 9.64. The quantitative estimate of drug-likeness (QED) is 0.870. The first-order chi connectivity index (χ1) is 8.01. The highest BCUT2D eigenvalue weighted by atomic mass is 32.1. The summed E-state index contributed by atoms with van der Waals surface area (Å²) in [5, 5.41) is 18.5. The molecule has 1 aliphatic carbocycles. The van der Waals surface area contributed by atoms with E-state index in [-0.39, 0.29) is 5.13 Å². The van der Waals surface area contributed by atoms with E-state index in [0.717, 1.165) is 12.8 Å². The first-order valence-corrected chi connectivity index (χ1v) is 5.98. The normalized spacial score (nSPS) is 18.6. The van der Waals surface area contributed by atoms with E-state index < -0.39 is 22.9 Å². The second kappa shape index (κ2) is 4.61. The van der Waals surface area contributed by atoms with Crippen molar-refractivity contribution in [2.45, 2.75) is 37.7 Å². The Morgan fingerprint density at radius 1 is 1.41 bits per heavy atom. The topological polar surface area (TPSA) is 75.1 Å². The van der Waals surface area contributed by atoms with E-state index >= 15 is 0 Å². The average molecular weight is 263 g/mol. The lowest BCUT2D eigenvalue weighted by Crippen LogP contribution is -2.40. The van der Waals surface area contributed by atoms with Crippen LogP contribution in [0.15, 0.2) is 0 Å². The molecule has 8 heteroatoms. The highest BCUT2D eigenvalue weighted by molar-refractivity contribution is 7.15. The predicted molar refractivity (Wildman–Crippen MR) is 56.9 cm³/mol. The van der Waals surface area contributed by atoms with Gasteiger partial charge < -0.3 is 5.11 Å². The number of carbonyl (C=O) groups is 1. The van der Waals surface area contributed by atoms with Crippen molar-refractivity contribution in [3.05, 3.63) is 5.01 Å². The number of hydrogen-bond donors (Lipinski definition) is 2. The first-order valence-electron chi connectivity index (χ1n) is 5.17. The van der Waals surface area contributed by atoms with Crippen molar-refractivity contribution < 1.29 is 18.7 Å². The lowest BCUT2D eigenvalue weighted by molar-refractivity contribution is -0.133. The summed E-state index contributed by atoms with van der Waals surface area (Å²) in [6.45, 7) is 0. The minimum absolute atomic E-state index is 0.00868. The Labute approximate surface area is 99.9 Å². The number of anilines is 1. The summed E-state index contributed by atoms with van der Waals surface area (Å²) in [4.78, 5) is 11.7. The molecule has 1 heterocycles. The van der Waals surface area contributed by atoms with Gasteiger partial charge in [0.25, 0.3) is 12.3 Å². The molecule has 0 spiro atoms. The van der Waals surface area contributed by atoms with Crippen LogP contribution in [-0.4, -0.2) is 26.8 Å². The Balaban J connectivity index is 2.02. The maximum absolute atomic E-state index is 12.2. The minimum atomic E-state index is -2.70. The van der Waals surface area contributed by atoms with Gasteiger partial charge in [-0.25, -0.2) is 8.78 Å².